The third-order valence-corrected chi connectivity index (χ3v) is 2.90. The molecule has 0 saturated heterocycles. The zero-order chi connectivity index (χ0) is 9.73. The first-order chi connectivity index (χ1) is 6.16. The number of hydrogen-bond donors (Lipinski definition) is 1. The molecule has 2 nitrogen and oxygen atoms in total. The minimum Gasteiger partial charge on any atom is -0.347 e. The molecular formula is C10H17NOS. The van der Waals surface area contributed by atoms with Crippen LogP contribution in [0.15, 0.2) is 11.5 Å². The van der Waals surface area contributed by atoms with Crippen molar-refractivity contribution >= 4 is 17.7 Å². The number of hydrogen-bond acceptors (Lipinski definition) is 2. The Morgan fingerprint density at radius 1 is 1.46 bits per heavy atom. The lowest BCUT2D eigenvalue weighted by Crippen LogP contribution is -2.42. The molecule has 1 aliphatic carbocycles. The number of carbonyl (C=O) groups excluding carboxylic acids is 1. The Hall–Kier alpha value is -0.440. The first-order valence-corrected chi connectivity index (χ1v) is 5.97. The molecule has 74 valence electrons. The molecule has 1 amide bonds. The number of nitrogens with one attached hydrogen (secondary N) is 1. The van der Waals surface area contributed by atoms with Crippen LogP contribution in [0.5, 0.6) is 0 Å². The second kappa shape index (κ2) is 4.70. The van der Waals surface area contributed by atoms with Gasteiger partial charge in [-0.2, -0.15) is 0 Å². The van der Waals surface area contributed by atoms with E-state index in [1.165, 1.54) is 12.8 Å². The summed E-state index contributed by atoms with van der Waals surface area (Å²) in [5.74, 6) is 0.0405. The minimum atomic E-state index is 0.0405. The van der Waals surface area contributed by atoms with E-state index in [0.717, 1.165) is 12.8 Å². The van der Waals surface area contributed by atoms with Gasteiger partial charge in [0.1, 0.15) is 0 Å². The monoisotopic (exact) mass is 199 g/mol. The van der Waals surface area contributed by atoms with Crippen LogP contribution in [0.1, 0.15) is 32.6 Å². The summed E-state index contributed by atoms with van der Waals surface area (Å²) in [7, 11) is 0. The lowest BCUT2D eigenvalue weighted by Gasteiger charge is -2.24. The summed E-state index contributed by atoms with van der Waals surface area (Å²) >= 11 is 1.55. The van der Waals surface area contributed by atoms with Gasteiger partial charge in [0.05, 0.1) is 0 Å². The van der Waals surface area contributed by atoms with E-state index in [1.54, 1.807) is 17.8 Å². The van der Waals surface area contributed by atoms with E-state index >= 15 is 0 Å². The molecule has 0 aliphatic heterocycles. The number of thioether (sulfide) groups is 1. The van der Waals surface area contributed by atoms with Crippen molar-refractivity contribution in [2.24, 2.45) is 0 Å². The van der Waals surface area contributed by atoms with Gasteiger partial charge in [-0.3, -0.25) is 4.79 Å². The average Bonchev–Trinajstić information content (AvgIpc) is 2.48. The van der Waals surface area contributed by atoms with Gasteiger partial charge in [-0.15, -0.1) is 11.8 Å². The van der Waals surface area contributed by atoms with Crippen LogP contribution in [0.25, 0.3) is 0 Å². The zero-order valence-electron chi connectivity index (χ0n) is 8.30. The summed E-state index contributed by atoms with van der Waals surface area (Å²) in [6, 6.07) is 0. The molecule has 1 saturated carbocycles. The summed E-state index contributed by atoms with van der Waals surface area (Å²) in [6.45, 7) is 2.13. The van der Waals surface area contributed by atoms with Crippen LogP contribution in [-0.4, -0.2) is 17.7 Å². The highest BCUT2D eigenvalue weighted by atomic mass is 32.2. The van der Waals surface area contributed by atoms with Crippen LogP contribution in [0.4, 0.5) is 0 Å². The highest BCUT2D eigenvalue weighted by Crippen LogP contribution is 2.28. The zero-order valence-corrected chi connectivity index (χ0v) is 9.12. The third-order valence-electron chi connectivity index (χ3n) is 2.49. The maximum absolute atomic E-state index is 11.4. The van der Waals surface area contributed by atoms with Gasteiger partial charge in [0, 0.05) is 11.6 Å². The summed E-state index contributed by atoms with van der Waals surface area (Å²) in [5, 5.41) is 4.86. The van der Waals surface area contributed by atoms with Crippen molar-refractivity contribution in [1.82, 2.24) is 5.32 Å². The molecule has 1 fully saturated rings. The van der Waals surface area contributed by atoms with Crippen LogP contribution in [0.3, 0.4) is 0 Å². The summed E-state index contributed by atoms with van der Waals surface area (Å²) < 4.78 is 0. The lowest BCUT2D eigenvalue weighted by molar-refractivity contribution is -0.118. The van der Waals surface area contributed by atoms with Gasteiger partial charge in [0.25, 0.3) is 0 Å². The number of rotatable bonds is 3. The van der Waals surface area contributed by atoms with Gasteiger partial charge in [-0.1, -0.05) is 12.8 Å². The van der Waals surface area contributed by atoms with Gasteiger partial charge < -0.3 is 5.32 Å². The average molecular weight is 199 g/mol. The highest BCUT2D eigenvalue weighted by molar-refractivity contribution is 8.01. The normalized spacial score (nSPS) is 20.8. The topological polar surface area (TPSA) is 29.1 Å². The van der Waals surface area contributed by atoms with Crippen LogP contribution in [0.2, 0.25) is 0 Å². The molecule has 3 heteroatoms. The quantitative estimate of drug-likeness (QED) is 0.707. The molecular weight excluding hydrogens is 182 g/mol. The molecule has 0 atom stereocenters. The maximum atomic E-state index is 11.4. The van der Waals surface area contributed by atoms with Crippen molar-refractivity contribution < 1.29 is 4.79 Å². The van der Waals surface area contributed by atoms with E-state index in [9.17, 15) is 4.79 Å². The van der Waals surface area contributed by atoms with Crippen LogP contribution in [-0.2, 0) is 4.79 Å². The third kappa shape index (κ3) is 3.43. The Bertz CT molecular complexity index is 207. The molecule has 13 heavy (non-hydrogen) atoms. The van der Waals surface area contributed by atoms with Gasteiger partial charge in [-0.25, -0.2) is 0 Å². The van der Waals surface area contributed by atoms with E-state index in [-0.39, 0.29) is 11.4 Å². The first kappa shape index (κ1) is 10.6. The molecule has 0 aromatic rings. The fourth-order valence-electron chi connectivity index (χ4n) is 1.75. The molecule has 0 unspecified atom stereocenters. The van der Waals surface area contributed by atoms with E-state index < -0.39 is 0 Å². The molecule has 1 aliphatic rings. The largest absolute Gasteiger partial charge is 0.347 e. The SMILES string of the molecule is CS/C=C/C(=O)NC1(C)CCCC1. The fourth-order valence-corrected chi connectivity index (χ4v) is 2.01. The number of amides is 1. The predicted molar refractivity (Wildman–Crippen MR) is 57.7 cm³/mol. The van der Waals surface area contributed by atoms with Gasteiger partial charge in [0.15, 0.2) is 0 Å². The number of carbonyl (C=O) groups is 1. The summed E-state index contributed by atoms with van der Waals surface area (Å²) in [5.41, 5.74) is 0.0554. The smallest absolute Gasteiger partial charge is 0.244 e. The Balaban J connectivity index is 2.38. The molecule has 0 heterocycles. The van der Waals surface area contributed by atoms with Gasteiger partial charge in [0.2, 0.25) is 5.91 Å². The van der Waals surface area contributed by atoms with Crippen molar-refractivity contribution in [2.75, 3.05) is 6.26 Å². The second-order valence-electron chi connectivity index (χ2n) is 3.80. The van der Waals surface area contributed by atoms with Crippen molar-refractivity contribution in [3.8, 4) is 0 Å². The molecule has 1 N–H and O–H groups in total. The van der Waals surface area contributed by atoms with E-state index in [4.69, 9.17) is 0 Å². The first-order valence-electron chi connectivity index (χ1n) is 4.68. The Kier molecular flexibility index (Phi) is 3.85. The summed E-state index contributed by atoms with van der Waals surface area (Å²) in [6.07, 6.45) is 8.26. The lowest BCUT2D eigenvalue weighted by atomic mass is 10.0. The highest BCUT2D eigenvalue weighted by Gasteiger charge is 2.29. The maximum Gasteiger partial charge on any atom is 0.244 e. The fraction of sp³-hybridized carbons (Fsp3) is 0.700. The Labute approximate surface area is 84.2 Å². The molecule has 0 aromatic heterocycles. The van der Waals surface area contributed by atoms with Gasteiger partial charge >= 0.3 is 0 Å². The minimum absolute atomic E-state index is 0.0405. The molecule has 0 radical (unpaired) electrons. The van der Waals surface area contributed by atoms with Crippen molar-refractivity contribution in [3.05, 3.63) is 11.5 Å². The predicted octanol–water partition coefficient (Wildman–Crippen LogP) is 2.31. The summed E-state index contributed by atoms with van der Waals surface area (Å²) in [4.78, 5) is 11.4. The van der Waals surface area contributed by atoms with E-state index in [1.807, 2.05) is 11.7 Å². The van der Waals surface area contributed by atoms with E-state index in [0.29, 0.717) is 0 Å². The molecule has 0 bridgehead atoms. The molecule has 0 spiro atoms. The Morgan fingerprint density at radius 2 is 2.08 bits per heavy atom. The Morgan fingerprint density at radius 3 is 2.62 bits per heavy atom. The van der Waals surface area contributed by atoms with Crippen molar-refractivity contribution in [1.29, 1.82) is 0 Å². The van der Waals surface area contributed by atoms with Crippen molar-refractivity contribution in [2.45, 2.75) is 38.1 Å². The van der Waals surface area contributed by atoms with Crippen molar-refractivity contribution in [3.63, 3.8) is 0 Å². The van der Waals surface area contributed by atoms with Crippen LogP contribution < -0.4 is 5.32 Å². The second-order valence-corrected chi connectivity index (χ2v) is 4.54. The standard InChI is InChI=1S/C10H17NOS/c1-10(6-3-4-7-10)11-9(12)5-8-13-2/h5,8H,3-4,6-7H2,1-2H3,(H,11,12)/b8-5+. The van der Waals surface area contributed by atoms with Gasteiger partial charge in [-0.05, 0) is 31.4 Å². The molecule has 1 rings (SSSR count). The van der Waals surface area contributed by atoms with Crippen LogP contribution in [0, 0.1) is 0 Å². The van der Waals surface area contributed by atoms with Crippen LogP contribution >= 0.6 is 11.8 Å². The van der Waals surface area contributed by atoms with E-state index in [2.05, 4.69) is 12.2 Å². The molecule has 0 aromatic carbocycles.